The van der Waals surface area contributed by atoms with E-state index in [1.807, 2.05) is 0 Å². The number of pyridine rings is 1. The molecular weight excluding hydrogens is 218 g/mol. The number of aromatic hydroxyl groups is 1. The van der Waals surface area contributed by atoms with Crippen LogP contribution in [0.25, 0.3) is 0 Å². The fraction of sp³-hybridized carbons (Fsp3) is 0.500. The first-order chi connectivity index (χ1) is 8.27. The first-order valence-electron chi connectivity index (χ1n) is 5.92. The molecule has 2 rings (SSSR count). The Morgan fingerprint density at radius 1 is 1.65 bits per heavy atom. The maximum Gasteiger partial charge on any atom is 0.255 e. The summed E-state index contributed by atoms with van der Waals surface area (Å²) in [6, 6.07) is 2.03. The molecule has 0 bridgehead atoms. The first-order valence-corrected chi connectivity index (χ1v) is 5.92. The summed E-state index contributed by atoms with van der Waals surface area (Å²) in [6.45, 7) is 1.70. The Kier molecular flexibility index (Phi) is 3.93. The zero-order valence-electron chi connectivity index (χ0n) is 9.65. The van der Waals surface area contributed by atoms with Crippen molar-refractivity contribution in [3.8, 4) is 5.75 Å². The molecule has 1 atom stereocenters. The van der Waals surface area contributed by atoms with E-state index in [1.165, 1.54) is 31.3 Å². The van der Waals surface area contributed by atoms with Crippen LogP contribution in [0.5, 0.6) is 5.75 Å². The van der Waals surface area contributed by atoms with E-state index < -0.39 is 0 Å². The molecule has 1 aliphatic heterocycles. The highest BCUT2D eigenvalue weighted by molar-refractivity contribution is 5.96. The lowest BCUT2D eigenvalue weighted by atomic mass is 10.1. The van der Waals surface area contributed by atoms with E-state index >= 15 is 0 Å². The van der Waals surface area contributed by atoms with Crippen molar-refractivity contribution in [1.82, 2.24) is 15.6 Å². The van der Waals surface area contributed by atoms with Crippen molar-refractivity contribution in [1.29, 1.82) is 0 Å². The van der Waals surface area contributed by atoms with E-state index in [0.29, 0.717) is 12.6 Å². The molecule has 1 aromatic heterocycles. The van der Waals surface area contributed by atoms with E-state index in [1.54, 1.807) is 0 Å². The Morgan fingerprint density at radius 3 is 3.24 bits per heavy atom. The Hall–Kier alpha value is -1.62. The number of carbonyl (C=O) groups excluding carboxylic acids is 1. The highest BCUT2D eigenvalue weighted by Crippen LogP contribution is 2.13. The van der Waals surface area contributed by atoms with Gasteiger partial charge in [0.25, 0.3) is 5.91 Å². The molecule has 2 heterocycles. The number of nitrogens with one attached hydrogen (secondary N) is 2. The number of carbonyl (C=O) groups is 1. The van der Waals surface area contributed by atoms with Crippen molar-refractivity contribution in [3.63, 3.8) is 0 Å². The molecule has 0 unspecified atom stereocenters. The molecule has 5 nitrogen and oxygen atoms in total. The van der Waals surface area contributed by atoms with Gasteiger partial charge in [-0.1, -0.05) is 0 Å². The first kappa shape index (κ1) is 11.9. The molecule has 0 saturated carbocycles. The third-order valence-electron chi connectivity index (χ3n) is 2.99. The monoisotopic (exact) mass is 235 g/mol. The molecular formula is C12H17N3O2. The van der Waals surface area contributed by atoms with Crippen LogP contribution >= 0.6 is 0 Å². The molecule has 5 heteroatoms. The molecule has 17 heavy (non-hydrogen) atoms. The number of aromatic nitrogens is 1. The van der Waals surface area contributed by atoms with Gasteiger partial charge in [0.05, 0.1) is 11.8 Å². The second-order valence-electron chi connectivity index (χ2n) is 4.23. The summed E-state index contributed by atoms with van der Waals surface area (Å²) in [4.78, 5) is 15.5. The van der Waals surface area contributed by atoms with Gasteiger partial charge in [-0.25, -0.2) is 0 Å². The lowest BCUT2D eigenvalue weighted by Crippen LogP contribution is -2.30. The van der Waals surface area contributed by atoms with Gasteiger partial charge >= 0.3 is 0 Å². The molecule has 92 valence electrons. The number of hydrogen-bond donors (Lipinski definition) is 3. The van der Waals surface area contributed by atoms with Gasteiger partial charge in [-0.05, 0) is 31.9 Å². The van der Waals surface area contributed by atoms with Crippen LogP contribution in [0.3, 0.4) is 0 Å². The molecule has 1 aliphatic rings. The predicted octanol–water partition coefficient (Wildman–Crippen LogP) is 0.659. The third-order valence-corrected chi connectivity index (χ3v) is 2.99. The SMILES string of the molecule is O=C(NCC[C@H]1CCCN1)c1ccncc1O. The lowest BCUT2D eigenvalue weighted by Gasteiger charge is -2.11. The molecule has 0 aliphatic carbocycles. The van der Waals surface area contributed by atoms with Crippen LogP contribution in [0, 0.1) is 0 Å². The van der Waals surface area contributed by atoms with Gasteiger partial charge < -0.3 is 15.7 Å². The summed E-state index contributed by atoms with van der Waals surface area (Å²) < 4.78 is 0. The summed E-state index contributed by atoms with van der Waals surface area (Å²) in [5, 5.41) is 15.6. The minimum atomic E-state index is -0.247. The average Bonchev–Trinajstić information content (AvgIpc) is 2.82. The van der Waals surface area contributed by atoms with Crippen molar-refractivity contribution in [2.24, 2.45) is 0 Å². The number of nitrogens with zero attached hydrogens (tertiary/aromatic N) is 1. The Morgan fingerprint density at radius 2 is 2.53 bits per heavy atom. The third kappa shape index (κ3) is 3.17. The number of amides is 1. The van der Waals surface area contributed by atoms with Gasteiger partial charge in [-0.3, -0.25) is 9.78 Å². The van der Waals surface area contributed by atoms with Crippen LogP contribution in [-0.4, -0.2) is 35.1 Å². The topological polar surface area (TPSA) is 74.2 Å². The van der Waals surface area contributed by atoms with Crippen LogP contribution in [0.2, 0.25) is 0 Å². The Bertz CT molecular complexity index is 389. The zero-order valence-corrected chi connectivity index (χ0v) is 9.65. The highest BCUT2D eigenvalue weighted by atomic mass is 16.3. The van der Waals surface area contributed by atoms with Gasteiger partial charge in [0.2, 0.25) is 0 Å². The number of rotatable bonds is 4. The van der Waals surface area contributed by atoms with Gasteiger partial charge in [-0.2, -0.15) is 0 Å². The maximum absolute atomic E-state index is 11.7. The van der Waals surface area contributed by atoms with Crippen molar-refractivity contribution in [2.45, 2.75) is 25.3 Å². The fourth-order valence-corrected chi connectivity index (χ4v) is 2.04. The van der Waals surface area contributed by atoms with E-state index in [9.17, 15) is 9.90 Å². The minimum absolute atomic E-state index is 0.0796. The zero-order chi connectivity index (χ0) is 12.1. The van der Waals surface area contributed by atoms with Crippen LogP contribution in [-0.2, 0) is 0 Å². The van der Waals surface area contributed by atoms with Crippen molar-refractivity contribution in [3.05, 3.63) is 24.0 Å². The van der Waals surface area contributed by atoms with Crippen LogP contribution in [0.1, 0.15) is 29.6 Å². The summed E-state index contributed by atoms with van der Waals surface area (Å²) >= 11 is 0. The van der Waals surface area contributed by atoms with Gasteiger partial charge in [-0.15, -0.1) is 0 Å². The van der Waals surface area contributed by atoms with Crippen molar-refractivity contribution >= 4 is 5.91 Å². The Labute approximate surface area is 100 Å². The van der Waals surface area contributed by atoms with Crippen LogP contribution in [0.4, 0.5) is 0 Å². The largest absolute Gasteiger partial charge is 0.505 e. The smallest absolute Gasteiger partial charge is 0.255 e. The van der Waals surface area contributed by atoms with Crippen LogP contribution in [0.15, 0.2) is 18.5 Å². The van der Waals surface area contributed by atoms with Gasteiger partial charge in [0.1, 0.15) is 5.75 Å². The van der Waals surface area contributed by atoms with E-state index in [0.717, 1.165) is 13.0 Å². The molecule has 1 fully saturated rings. The van der Waals surface area contributed by atoms with Crippen LogP contribution < -0.4 is 10.6 Å². The standard InChI is InChI=1S/C12H17N3O2/c16-11-8-13-6-4-10(11)12(17)15-7-3-9-2-1-5-14-9/h4,6,8-9,14,16H,1-3,5,7H2,(H,15,17)/t9-/m1/s1. The summed E-state index contributed by atoms with van der Waals surface area (Å²) in [6.07, 6.45) is 6.08. The van der Waals surface area contributed by atoms with E-state index in [2.05, 4.69) is 15.6 Å². The molecule has 1 saturated heterocycles. The maximum atomic E-state index is 11.7. The number of hydrogen-bond acceptors (Lipinski definition) is 4. The average molecular weight is 235 g/mol. The summed E-state index contributed by atoms with van der Waals surface area (Å²) in [5.41, 5.74) is 0.277. The normalized spacial score (nSPS) is 19.2. The minimum Gasteiger partial charge on any atom is -0.505 e. The summed E-state index contributed by atoms with van der Waals surface area (Å²) in [5.74, 6) is -0.327. The highest BCUT2D eigenvalue weighted by Gasteiger charge is 2.15. The van der Waals surface area contributed by atoms with E-state index in [4.69, 9.17) is 0 Å². The fourth-order valence-electron chi connectivity index (χ4n) is 2.04. The molecule has 3 N–H and O–H groups in total. The predicted molar refractivity (Wildman–Crippen MR) is 63.9 cm³/mol. The molecule has 1 amide bonds. The van der Waals surface area contributed by atoms with Gasteiger partial charge in [0.15, 0.2) is 0 Å². The molecule has 0 radical (unpaired) electrons. The quantitative estimate of drug-likeness (QED) is 0.716. The van der Waals surface area contributed by atoms with Crippen molar-refractivity contribution < 1.29 is 9.90 Å². The van der Waals surface area contributed by atoms with Crippen molar-refractivity contribution in [2.75, 3.05) is 13.1 Å². The molecule has 1 aromatic rings. The van der Waals surface area contributed by atoms with E-state index in [-0.39, 0.29) is 17.2 Å². The molecule has 0 aromatic carbocycles. The lowest BCUT2D eigenvalue weighted by molar-refractivity contribution is 0.0949. The molecule has 0 spiro atoms. The Balaban J connectivity index is 1.79. The second kappa shape index (κ2) is 5.63. The summed E-state index contributed by atoms with van der Waals surface area (Å²) in [7, 11) is 0. The second-order valence-corrected chi connectivity index (χ2v) is 4.23. The van der Waals surface area contributed by atoms with Gasteiger partial charge in [0, 0.05) is 18.8 Å².